The highest BCUT2D eigenvalue weighted by atomic mass is 16.5. The van der Waals surface area contributed by atoms with Crippen molar-refractivity contribution in [3.8, 4) is 0 Å². The lowest BCUT2D eigenvalue weighted by atomic mass is 9.99. The number of hydrogen-bond acceptors (Lipinski definition) is 3. The highest BCUT2D eigenvalue weighted by Gasteiger charge is 2.12. The third kappa shape index (κ3) is 4.34. The molecule has 0 fully saturated rings. The zero-order valence-electron chi connectivity index (χ0n) is 8.33. The molecule has 0 radical (unpaired) electrons. The van der Waals surface area contributed by atoms with Crippen molar-refractivity contribution in [1.82, 2.24) is 0 Å². The van der Waals surface area contributed by atoms with Gasteiger partial charge in [-0.05, 0) is 18.8 Å². The molecule has 2 N–H and O–H groups in total. The molecule has 72 valence electrons. The fourth-order valence-electron chi connectivity index (χ4n) is 0.537. The van der Waals surface area contributed by atoms with Crippen molar-refractivity contribution in [2.45, 2.75) is 33.7 Å². The Bertz CT molecular complexity index is 143. The van der Waals surface area contributed by atoms with E-state index >= 15 is 0 Å². The smallest absolute Gasteiger partial charge is 0.322 e. The van der Waals surface area contributed by atoms with Gasteiger partial charge in [0.1, 0.15) is 6.04 Å². The fraction of sp³-hybridized carbons (Fsp3) is 0.889. The highest BCUT2D eigenvalue weighted by Crippen LogP contribution is 2.09. The summed E-state index contributed by atoms with van der Waals surface area (Å²) in [6, 6.07) is -0.510. The first kappa shape index (κ1) is 11.4. The Hall–Kier alpha value is -0.570. The fourth-order valence-corrected chi connectivity index (χ4v) is 0.537. The van der Waals surface area contributed by atoms with Crippen LogP contribution in [0, 0.1) is 11.8 Å². The molecule has 1 unspecified atom stereocenters. The van der Waals surface area contributed by atoms with Gasteiger partial charge in [0.15, 0.2) is 0 Å². The Morgan fingerprint density at radius 1 is 1.33 bits per heavy atom. The third-order valence-corrected chi connectivity index (χ3v) is 2.00. The van der Waals surface area contributed by atoms with Crippen molar-refractivity contribution in [2.24, 2.45) is 17.6 Å². The first-order chi connectivity index (χ1) is 5.45. The number of hydrogen-bond donors (Lipinski definition) is 1. The average Bonchev–Trinajstić information content (AvgIpc) is 1.98. The predicted octanol–water partition coefficient (Wildman–Crippen LogP) is 1.17. The molecule has 12 heavy (non-hydrogen) atoms. The Balaban J connectivity index is 3.61. The van der Waals surface area contributed by atoms with Gasteiger partial charge in [0.25, 0.3) is 0 Å². The Morgan fingerprint density at radius 2 is 1.83 bits per heavy atom. The number of rotatable bonds is 4. The van der Waals surface area contributed by atoms with Gasteiger partial charge in [-0.25, -0.2) is 0 Å². The van der Waals surface area contributed by atoms with E-state index in [4.69, 9.17) is 10.5 Å². The Labute approximate surface area is 74.3 Å². The topological polar surface area (TPSA) is 52.3 Å². The minimum absolute atomic E-state index is 0.317. The van der Waals surface area contributed by atoms with Crippen molar-refractivity contribution in [3.05, 3.63) is 0 Å². The number of nitrogens with two attached hydrogens (primary N) is 1. The summed E-state index contributed by atoms with van der Waals surface area (Å²) < 4.78 is 4.96. The minimum atomic E-state index is -0.510. The summed E-state index contributed by atoms with van der Waals surface area (Å²) in [5.41, 5.74) is 5.32. The van der Waals surface area contributed by atoms with Crippen LogP contribution in [0.15, 0.2) is 0 Å². The van der Waals surface area contributed by atoms with Crippen molar-refractivity contribution in [2.75, 3.05) is 6.61 Å². The van der Waals surface area contributed by atoms with Gasteiger partial charge in [-0.1, -0.05) is 20.8 Å². The summed E-state index contributed by atoms with van der Waals surface area (Å²) in [5, 5.41) is 0. The number of carbonyl (C=O) groups excluding carboxylic acids is 1. The van der Waals surface area contributed by atoms with Crippen LogP contribution in [0.3, 0.4) is 0 Å². The van der Waals surface area contributed by atoms with E-state index in [9.17, 15) is 4.79 Å². The average molecular weight is 173 g/mol. The largest absolute Gasteiger partial charge is 0.464 e. The SMILES string of the molecule is CC(N)C(=O)OC[C@@H](C)C(C)C. The first-order valence-electron chi connectivity index (χ1n) is 4.37. The molecule has 0 aromatic carbocycles. The molecule has 0 aliphatic carbocycles. The maximum Gasteiger partial charge on any atom is 0.322 e. The van der Waals surface area contributed by atoms with E-state index in [0.29, 0.717) is 18.4 Å². The maximum atomic E-state index is 10.9. The molecule has 0 amide bonds. The zero-order valence-corrected chi connectivity index (χ0v) is 8.33. The van der Waals surface area contributed by atoms with E-state index < -0.39 is 6.04 Å². The Kier molecular flexibility index (Phi) is 4.90. The molecular weight excluding hydrogens is 154 g/mol. The molecule has 0 rings (SSSR count). The van der Waals surface area contributed by atoms with Gasteiger partial charge in [0.2, 0.25) is 0 Å². The van der Waals surface area contributed by atoms with Crippen LogP contribution in [0.4, 0.5) is 0 Å². The molecule has 3 nitrogen and oxygen atoms in total. The zero-order chi connectivity index (χ0) is 9.72. The second-order valence-electron chi connectivity index (χ2n) is 3.64. The second-order valence-corrected chi connectivity index (χ2v) is 3.64. The summed E-state index contributed by atoms with van der Waals surface area (Å²) in [5.74, 6) is 0.612. The first-order valence-corrected chi connectivity index (χ1v) is 4.37. The lowest BCUT2D eigenvalue weighted by Crippen LogP contribution is -2.30. The van der Waals surface area contributed by atoms with Crippen LogP contribution < -0.4 is 5.73 Å². The van der Waals surface area contributed by atoms with Crippen LogP contribution in [0.2, 0.25) is 0 Å². The molecule has 0 aromatic heterocycles. The summed E-state index contributed by atoms with van der Waals surface area (Å²) in [6.45, 7) is 8.36. The van der Waals surface area contributed by atoms with Crippen LogP contribution in [0.25, 0.3) is 0 Å². The van der Waals surface area contributed by atoms with Crippen molar-refractivity contribution in [1.29, 1.82) is 0 Å². The molecule has 0 aliphatic rings. The van der Waals surface area contributed by atoms with E-state index in [1.54, 1.807) is 6.92 Å². The van der Waals surface area contributed by atoms with E-state index in [-0.39, 0.29) is 5.97 Å². The van der Waals surface area contributed by atoms with Gasteiger partial charge in [-0.3, -0.25) is 4.79 Å². The summed E-state index contributed by atoms with van der Waals surface area (Å²) in [7, 11) is 0. The van der Waals surface area contributed by atoms with Gasteiger partial charge >= 0.3 is 5.97 Å². The lowest BCUT2D eigenvalue weighted by Gasteiger charge is -2.16. The van der Waals surface area contributed by atoms with Gasteiger partial charge in [0.05, 0.1) is 6.61 Å². The summed E-state index contributed by atoms with van der Waals surface area (Å²) in [6.07, 6.45) is 0. The van der Waals surface area contributed by atoms with Crippen LogP contribution >= 0.6 is 0 Å². The third-order valence-electron chi connectivity index (χ3n) is 2.00. The van der Waals surface area contributed by atoms with Gasteiger partial charge in [-0.15, -0.1) is 0 Å². The summed E-state index contributed by atoms with van der Waals surface area (Å²) in [4.78, 5) is 10.9. The van der Waals surface area contributed by atoms with E-state index in [0.717, 1.165) is 0 Å². The predicted molar refractivity (Wildman–Crippen MR) is 48.6 cm³/mol. The minimum Gasteiger partial charge on any atom is -0.464 e. The van der Waals surface area contributed by atoms with Crippen LogP contribution in [-0.4, -0.2) is 18.6 Å². The number of ether oxygens (including phenoxy) is 1. The van der Waals surface area contributed by atoms with Crippen LogP contribution in [0.5, 0.6) is 0 Å². The standard InChI is InChI=1S/C9H19NO2/c1-6(2)7(3)5-12-9(11)8(4)10/h6-8H,5,10H2,1-4H3/t7-,8?/m1/s1. The lowest BCUT2D eigenvalue weighted by molar-refractivity contribution is -0.146. The van der Waals surface area contributed by atoms with Crippen LogP contribution in [0.1, 0.15) is 27.7 Å². The number of esters is 1. The molecule has 3 heteroatoms. The molecule has 0 bridgehead atoms. The molecule has 0 aromatic rings. The molecule has 0 heterocycles. The maximum absolute atomic E-state index is 10.9. The molecule has 0 aliphatic heterocycles. The van der Waals surface area contributed by atoms with E-state index in [2.05, 4.69) is 20.8 Å². The molecule has 0 saturated heterocycles. The molecule has 2 atom stereocenters. The van der Waals surface area contributed by atoms with Gasteiger partial charge in [-0.2, -0.15) is 0 Å². The quantitative estimate of drug-likeness (QED) is 0.649. The van der Waals surface area contributed by atoms with E-state index in [1.807, 2.05) is 0 Å². The van der Waals surface area contributed by atoms with Gasteiger partial charge < -0.3 is 10.5 Å². The van der Waals surface area contributed by atoms with E-state index in [1.165, 1.54) is 0 Å². The number of carbonyl (C=O) groups is 1. The van der Waals surface area contributed by atoms with Crippen molar-refractivity contribution in [3.63, 3.8) is 0 Å². The molecule has 0 saturated carbocycles. The monoisotopic (exact) mass is 173 g/mol. The van der Waals surface area contributed by atoms with Crippen molar-refractivity contribution < 1.29 is 9.53 Å². The normalized spacial score (nSPS) is 15.8. The highest BCUT2D eigenvalue weighted by molar-refractivity contribution is 5.74. The summed E-state index contributed by atoms with van der Waals surface area (Å²) >= 11 is 0. The van der Waals surface area contributed by atoms with Gasteiger partial charge in [0, 0.05) is 0 Å². The Morgan fingerprint density at radius 3 is 2.17 bits per heavy atom. The van der Waals surface area contributed by atoms with Crippen LogP contribution in [-0.2, 0) is 9.53 Å². The molecule has 0 spiro atoms. The van der Waals surface area contributed by atoms with Crippen molar-refractivity contribution >= 4 is 5.97 Å². The molecular formula is C9H19NO2. The second kappa shape index (κ2) is 5.14.